The fourth-order valence-electron chi connectivity index (χ4n) is 2.30. The van der Waals surface area contributed by atoms with Gasteiger partial charge in [-0.1, -0.05) is 6.42 Å². The van der Waals surface area contributed by atoms with Gasteiger partial charge in [-0.25, -0.2) is 4.99 Å². The summed E-state index contributed by atoms with van der Waals surface area (Å²) in [4.78, 5) is 4.35. The van der Waals surface area contributed by atoms with E-state index >= 15 is 0 Å². The molecule has 1 saturated carbocycles. The molecular weight excluding hydrogens is 355 g/mol. The molecular formula is C12H21IN6. The number of aromatic nitrogens is 3. The third-order valence-corrected chi connectivity index (χ3v) is 3.51. The summed E-state index contributed by atoms with van der Waals surface area (Å²) in [6.07, 6.45) is 7.14. The molecule has 1 aliphatic carbocycles. The lowest BCUT2D eigenvalue weighted by Crippen LogP contribution is -2.33. The molecule has 2 aliphatic rings. The zero-order chi connectivity index (χ0) is 12.4. The Balaban J connectivity index is 0.00000133. The van der Waals surface area contributed by atoms with Gasteiger partial charge in [-0.05, 0) is 25.7 Å². The van der Waals surface area contributed by atoms with Crippen molar-refractivity contribution in [2.45, 2.75) is 57.7 Å². The van der Waals surface area contributed by atoms with Crippen molar-refractivity contribution in [2.75, 3.05) is 0 Å². The van der Waals surface area contributed by atoms with E-state index in [0.29, 0.717) is 18.5 Å². The molecule has 1 aromatic heterocycles. The van der Waals surface area contributed by atoms with Gasteiger partial charge >= 0.3 is 0 Å². The molecule has 0 radical (unpaired) electrons. The fraction of sp³-hybridized carbons (Fsp3) is 0.750. The van der Waals surface area contributed by atoms with Crippen molar-refractivity contribution in [2.24, 2.45) is 10.7 Å². The van der Waals surface area contributed by atoms with E-state index in [1.54, 1.807) is 0 Å². The molecule has 6 nitrogen and oxygen atoms in total. The first-order valence-electron chi connectivity index (χ1n) is 6.80. The van der Waals surface area contributed by atoms with Crippen molar-refractivity contribution >= 4 is 29.9 Å². The van der Waals surface area contributed by atoms with Crippen molar-refractivity contribution in [3.8, 4) is 0 Å². The molecule has 0 atom stereocenters. The highest BCUT2D eigenvalue weighted by atomic mass is 127. The predicted molar refractivity (Wildman–Crippen MR) is 84.5 cm³/mol. The van der Waals surface area contributed by atoms with Crippen LogP contribution >= 0.6 is 24.0 Å². The molecule has 7 heteroatoms. The summed E-state index contributed by atoms with van der Waals surface area (Å²) in [7, 11) is 0. The lowest BCUT2D eigenvalue weighted by molar-refractivity contribution is 0.606. The average molecular weight is 376 g/mol. The summed E-state index contributed by atoms with van der Waals surface area (Å²) >= 11 is 0. The normalized spacial score (nSPS) is 19.3. The number of hydrogen-bond donors (Lipinski definition) is 2. The van der Waals surface area contributed by atoms with Gasteiger partial charge in [0.25, 0.3) is 0 Å². The molecule has 2 heterocycles. The number of nitrogens with zero attached hydrogens (tertiary/aromatic N) is 4. The zero-order valence-corrected chi connectivity index (χ0v) is 13.3. The minimum Gasteiger partial charge on any atom is -0.370 e. The van der Waals surface area contributed by atoms with Gasteiger partial charge in [-0.3, -0.25) is 0 Å². The van der Waals surface area contributed by atoms with Gasteiger partial charge in [0.2, 0.25) is 0 Å². The number of rotatable bonds is 3. The van der Waals surface area contributed by atoms with Crippen LogP contribution < -0.4 is 11.1 Å². The van der Waals surface area contributed by atoms with E-state index < -0.39 is 0 Å². The molecule has 0 spiro atoms. The SMILES string of the molecule is I.NC(=NCc1nnc2n1CCCCC2)NC1CC1. The highest BCUT2D eigenvalue weighted by Gasteiger charge is 2.21. The van der Waals surface area contributed by atoms with Crippen LogP contribution in [0, 0.1) is 0 Å². The Labute approximate surface area is 130 Å². The highest BCUT2D eigenvalue weighted by molar-refractivity contribution is 14.0. The van der Waals surface area contributed by atoms with Crippen LogP contribution in [0.4, 0.5) is 0 Å². The van der Waals surface area contributed by atoms with Gasteiger partial charge in [-0.2, -0.15) is 0 Å². The van der Waals surface area contributed by atoms with Crippen LogP contribution in [0.1, 0.15) is 43.8 Å². The van der Waals surface area contributed by atoms with Crippen molar-refractivity contribution in [3.63, 3.8) is 0 Å². The molecule has 0 amide bonds. The Morgan fingerprint density at radius 3 is 2.95 bits per heavy atom. The van der Waals surface area contributed by atoms with Crippen LogP contribution in [0.3, 0.4) is 0 Å². The van der Waals surface area contributed by atoms with Crippen LogP contribution in [0.5, 0.6) is 0 Å². The highest BCUT2D eigenvalue weighted by Crippen LogP contribution is 2.18. The maximum absolute atomic E-state index is 5.82. The summed E-state index contributed by atoms with van der Waals surface area (Å²) in [5, 5.41) is 11.7. The minimum atomic E-state index is 0. The lowest BCUT2D eigenvalue weighted by atomic mass is 10.2. The first-order chi connectivity index (χ1) is 8.83. The molecule has 3 N–H and O–H groups in total. The minimum absolute atomic E-state index is 0. The second-order valence-corrected chi connectivity index (χ2v) is 5.11. The first-order valence-corrected chi connectivity index (χ1v) is 6.80. The molecule has 1 aliphatic heterocycles. The molecule has 1 aromatic rings. The molecule has 0 saturated heterocycles. The van der Waals surface area contributed by atoms with Gasteiger partial charge in [-0.15, -0.1) is 34.2 Å². The van der Waals surface area contributed by atoms with E-state index in [2.05, 4.69) is 25.1 Å². The molecule has 0 aromatic carbocycles. The average Bonchev–Trinajstić information content (AvgIpc) is 3.13. The Kier molecular flexibility index (Phi) is 5.00. The van der Waals surface area contributed by atoms with Crippen LogP contribution in [0.25, 0.3) is 0 Å². The number of fused-ring (bicyclic) bond motifs is 1. The molecule has 1 fully saturated rings. The smallest absolute Gasteiger partial charge is 0.189 e. The van der Waals surface area contributed by atoms with Crippen molar-refractivity contribution < 1.29 is 0 Å². The Bertz CT molecular complexity index is 451. The van der Waals surface area contributed by atoms with E-state index in [1.807, 2.05) is 0 Å². The molecule has 3 rings (SSSR count). The maximum Gasteiger partial charge on any atom is 0.189 e. The van der Waals surface area contributed by atoms with Crippen molar-refractivity contribution in [3.05, 3.63) is 11.6 Å². The van der Waals surface area contributed by atoms with Crippen LogP contribution in [-0.4, -0.2) is 26.8 Å². The first kappa shape index (κ1) is 14.5. The Morgan fingerprint density at radius 2 is 2.16 bits per heavy atom. The third-order valence-electron chi connectivity index (χ3n) is 3.51. The summed E-state index contributed by atoms with van der Waals surface area (Å²) in [5.74, 6) is 2.57. The number of aryl methyl sites for hydroxylation is 1. The van der Waals surface area contributed by atoms with Gasteiger partial charge in [0.05, 0.1) is 0 Å². The Morgan fingerprint density at radius 1 is 1.32 bits per heavy atom. The number of aliphatic imine (C=N–C) groups is 1. The third kappa shape index (κ3) is 3.80. The number of hydrogen-bond acceptors (Lipinski definition) is 3. The largest absolute Gasteiger partial charge is 0.370 e. The zero-order valence-electron chi connectivity index (χ0n) is 11.0. The van der Waals surface area contributed by atoms with E-state index in [0.717, 1.165) is 24.6 Å². The van der Waals surface area contributed by atoms with E-state index in [9.17, 15) is 0 Å². The Hall–Kier alpha value is -0.860. The van der Waals surface area contributed by atoms with E-state index in [1.165, 1.54) is 32.1 Å². The second kappa shape index (κ2) is 6.53. The monoisotopic (exact) mass is 376 g/mol. The molecule has 0 unspecified atom stereocenters. The topological polar surface area (TPSA) is 81.1 Å². The second-order valence-electron chi connectivity index (χ2n) is 5.11. The van der Waals surface area contributed by atoms with E-state index in [-0.39, 0.29) is 24.0 Å². The number of halogens is 1. The van der Waals surface area contributed by atoms with Gasteiger partial charge in [0.15, 0.2) is 11.8 Å². The maximum atomic E-state index is 5.82. The van der Waals surface area contributed by atoms with Crippen LogP contribution in [-0.2, 0) is 19.5 Å². The molecule has 19 heavy (non-hydrogen) atoms. The molecule has 106 valence electrons. The van der Waals surface area contributed by atoms with E-state index in [4.69, 9.17) is 5.73 Å². The van der Waals surface area contributed by atoms with Gasteiger partial charge < -0.3 is 15.6 Å². The summed E-state index contributed by atoms with van der Waals surface area (Å²) in [5.41, 5.74) is 5.82. The summed E-state index contributed by atoms with van der Waals surface area (Å²) < 4.78 is 2.21. The van der Waals surface area contributed by atoms with Crippen LogP contribution in [0.15, 0.2) is 4.99 Å². The number of nitrogens with two attached hydrogens (primary N) is 1. The quantitative estimate of drug-likeness (QED) is 0.472. The van der Waals surface area contributed by atoms with Gasteiger partial charge in [0, 0.05) is 19.0 Å². The fourth-order valence-corrected chi connectivity index (χ4v) is 2.30. The van der Waals surface area contributed by atoms with Gasteiger partial charge in [0.1, 0.15) is 12.4 Å². The number of nitrogens with one attached hydrogen (secondary N) is 1. The lowest BCUT2D eigenvalue weighted by Gasteiger charge is -2.06. The molecule has 0 bridgehead atoms. The standard InChI is InChI=1S/C12H20N6.HI/c13-12(15-9-5-6-9)14-8-11-17-16-10-4-2-1-3-7-18(10)11;/h9H,1-8H2,(H3,13,14,15);1H. The predicted octanol–water partition coefficient (Wildman–Crippen LogP) is 1.19. The number of guanidine groups is 1. The van der Waals surface area contributed by atoms with Crippen LogP contribution in [0.2, 0.25) is 0 Å². The van der Waals surface area contributed by atoms with Crippen molar-refractivity contribution in [1.82, 2.24) is 20.1 Å². The summed E-state index contributed by atoms with van der Waals surface area (Å²) in [6, 6.07) is 0.546. The van der Waals surface area contributed by atoms with Crippen molar-refractivity contribution in [1.29, 1.82) is 0 Å². The summed E-state index contributed by atoms with van der Waals surface area (Å²) in [6.45, 7) is 1.54.